The van der Waals surface area contributed by atoms with Crippen molar-refractivity contribution in [3.8, 4) is 0 Å². The van der Waals surface area contributed by atoms with Gasteiger partial charge in [-0.05, 0) is 31.4 Å². The highest BCUT2D eigenvalue weighted by molar-refractivity contribution is 5.85. The number of pyridine rings is 1. The number of aryl methyl sites for hydroxylation is 1. The van der Waals surface area contributed by atoms with Gasteiger partial charge in [0.15, 0.2) is 5.65 Å². The van der Waals surface area contributed by atoms with E-state index in [9.17, 15) is 14.4 Å². The Kier molecular flexibility index (Phi) is 8.01. The quantitative estimate of drug-likeness (QED) is 0.674. The van der Waals surface area contributed by atoms with E-state index in [1.165, 1.54) is 9.08 Å². The lowest BCUT2D eigenvalue weighted by Crippen LogP contribution is -2.49. The number of aromatic nitrogens is 3. The Labute approximate surface area is 169 Å². The van der Waals surface area contributed by atoms with Gasteiger partial charge < -0.3 is 16.0 Å². The van der Waals surface area contributed by atoms with Crippen molar-refractivity contribution in [2.45, 2.75) is 44.7 Å². The van der Waals surface area contributed by atoms with Crippen molar-refractivity contribution >= 4 is 29.9 Å². The number of nitrogens with two attached hydrogens (primary N) is 1. The first-order chi connectivity index (χ1) is 13.1. The second kappa shape index (κ2) is 10.2. The zero-order chi connectivity index (χ0) is 19.2. The third kappa shape index (κ3) is 5.11. The van der Waals surface area contributed by atoms with Gasteiger partial charge in [-0.3, -0.25) is 14.0 Å². The molecule has 0 bridgehead atoms. The van der Waals surface area contributed by atoms with Gasteiger partial charge in [-0.25, -0.2) is 9.48 Å². The van der Waals surface area contributed by atoms with Crippen molar-refractivity contribution in [1.29, 1.82) is 0 Å². The summed E-state index contributed by atoms with van der Waals surface area (Å²) in [4.78, 5) is 38.5. The molecule has 28 heavy (non-hydrogen) atoms. The molecule has 0 radical (unpaired) electrons. The Hall–Kier alpha value is -2.39. The Bertz CT molecular complexity index is 864. The molecule has 3 N–H and O–H groups in total. The fraction of sp³-hybridized carbons (Fsp3) is 0.556. The zero-order valence-corrected chi connectivity index (χ0v) is 16.6. The summed E-state index contributed by atoms with van der Waals surface area (Å²) in [6, 6.07) is 5.33. The van der Waals surface area contributed by atoms with Crippen LogP contribution in [-0.4, -0.2) is 56.6 Å². The largest absolute Gasteiger partial charge is 0.354 e. The minimum Gasteiger partial charge on any atom is -0.354 e. The number of nitrogens with one attached hydrogen (secondary N) is 1. The molecule has 2 amide bonds. The van der Waals surface area contributed by atoms with Gasteiger partial charge in [0.1, 0.15) is 0 Å². The molecule has 3 rings (SSSR count). The minimum absolute atomic E-state index is 0. The first kappa shape index (κ1) is 21.9. The van der Waals surface area contributed by atoms with Gasteiger partial charge in [0.05, 0.1) is 6.54 Å². The van der Waals surface area contributed by atoms with Gasteiger partial charge in [0.2, 0.25) is 11.8 Å². The fourth-order valence-corrected chi connectivity index (χ4v) is 3.45. The highest BCUT2D eigenvalue weighted by Gasteiger charge is 2.26. The second-order valence-electron chi connectivity index (χ2n) is 6.76. The molecule has 2 aromatic heterocycles. The lowest BCUT2D eigenvalue weighted by atomic mass is 10.0. The summed E-state index contributed by atoms with van der Waals surface area (Å²) in [5.41, 5.74) is 5.70. The minimum atomic E-state index is -0.248. The van der Waals surface area contributed by atoms with Crippen LogP contribution < -0.4 is 16.7 Å². The van der Waals surface area contributed by atoms with E-state index in [0.29, 0.717) is 25.3 Å². The van der Waals surface area contributed by atoms with Crippen LogP contribution in [0.15, 0.2) is 29.2 Å². The lowest BCUT2D eigenvalue weighted by Gasteiger charge is -2.36. The molecular weight excluding hydrogens is 384 g/mol. The number of piperidine rings is 1. The summed E-state index contributed by atoms with van der Waals surface area (Å²) >= 11 is 0. The molecule has 1 atom stereocenters. The van der Waals surface area contributed by atoms with E-state index < -0.39 is 0 Å². The van der Waals surface area contributed by atoms with Gasteiger partial charge in [-0.1, -0.05) is 6.07 Å². The van der Waals surface area contributed by atoms with Crippen molar-refractivity contribution in [2.24, 2.45) is 5.73 Å². The molecule has 10 heteroatoms. The number of hydrogen-bond donors (Lipinski definition) is 2. The van der Waals surface area contributed by atoms with Gasteiger partial charge in [0.25, 0.3) is 0 Å². The summed E-state index contributed by atoms with van der Waals surface area (Å²) < 4.78 is 2.79. The van der Waals surface area contributed by atoms with Crippen LogP contribution in [0.4, 0.5) is 0 Å². The van der Waals surface area contributed by atoms with Crippen LogP contribution in [0.5, 0.6) is 0 Å². The molecule has 0 spiro atoms. The molecule has 0 aliphatic carbocycles. The predicted octanol–water partition coefficient (Wildman–Crippen LogP) is 0.154. The van der Waals surface area contributed by atoms with Gasteiger partial charge in [0, 0.05) is 44.7 Å². The average Bonchev–Trinajstić information content (AvgIpc) is 3.01. The summed E-state index contributed by atoms with van der Waals surface area (Å²) in [6.07, 6.45) is 5.01. The number of rotatable bonds is 7. The van der Waals surface area contributed by atoms with Crippen LogP contribution in [0.1, 0.15) is 32.1 Å². The Morgan fingerprint density at radius 2 is 2.07 bits per heavy atom. The number of hydrogen-bond acceptors (Lipinski definition) is 5. The number of nitrogens with zero attached hydrogens (tertiary/aromatic N) is 4. The molecule has 0 aromatic carbocycles. The highest BCUT2D eigenvalue weighted by Crippen LogP contribution is 2.17. The maximum Gasteiger partial charge on any atom is 0.350 e. The molecule has 3 heterocycles. The van der Waals surface area contributed by atoms with Crippen LogP contribution in [0.3, 0.4) is 0 Å². The van der Waals surface area contributed by atoms with Crippen molar-refractivity contribution in [3.63, 3.8) is 0 Å². The molecule has 1 unspecified atom stereocenters. The fourth-order valence-electron chi connectivity index (χ4n) is 3.45. The molecule has 0 saturated carbocycles. The summed E-state index contributed by atoms with van der Waals surface area (Å²) in [6.45, 7) is 1.67. The number of halogens is 1. The SMILES string of the molecule is Cl.NCCC(=O)NCC1CCCCN1C(=O)CCn1nc2ccccn2c1=O. The maximum absolute atomic E-state index is 12.7. The third-order valence-corrected chi connectivity index (χ3v) is 4.88. The van der Waals surface area contributed by atoms with E-state index in [1.54, 1.807) is 18.3 Å². The van der Waals surface area contributed by atoms with Crippen LogP contribution in [0.2, 0.25) is 0 Å². The Balaban J connectivity index is 0.00000280. The molecule has 9 nitrogen and oxygen atoms in total. The van der Waals surface area contributed by atoms with Gasteiger partial charge in [-0.2, -0.15) is 0 Å². The number of fused-ring (bicyclic) bond motifs is 1. The van der Waals surface area contributed by atoms with Crippen molar-refractivity contribution in [2.75, 3.05) is 19.6 Å². The normalized spacial score (nSPS) is 16.6. The Morgan fingerprint density at radius 1 is 1.25 bits per heavy atom. The first-order valence-corrected chi connectivity index (χ1v) is 9.40. The zero-order valence-electron chi connectivity index (χ0n) is 15.7. The summed E-state index contributed by atoms with van der Waals surface area (Å²) in [7, 11) is 0. The first-order valence-electron chi connectivity index (χ1n) is 9.40. The molecule has 1 aliphatic heterocycles. The molecule has 154 valence electrons. The number of carbonyl (C=O) groups is 2. The molecule has 1 fully saturated rings. The van der Waals surface area contributed by atoms with E-state index in [4.69, 9.17) is 5.73 Å². The van der Waals surface area contributed by atoms with Crippen molar-refractivity contribution < 1.29 is 9.59 Å². The molecule has 2 aromatic rings. The average molecular weight is 411 g/mol. The summed E-state index contributed by atoms with van der Waals surface area (Å²) in [5, 5.41) is 7.11. The van der Waals surface area contributed by atoms with Crippen LogP contribution in [0, 0.1) is 0 Å². The molecule has 1 saturated heterocycles. The van der Waals surface area contributed by atoms with Crippen LogP contribution >= 0.6 is 12.4 Å². The molecule has 1 aliphatic rings. The van der Waals surface area contributed by atoms with Gasteiger partial charge in [-0.15, -0.1) is 17.5 Å². The standard InChI is InChI=1S/C18H26N6O3.ClH/c19-9-7-16(25)20-13-14-5-1-3-10-22(14)17(26)8-12-24-18(27)23-11-4-2-6-15(23)21-24;/h2,4,6,11,14H,1,3,5,7-10,12-13,19H2,(H,20,25);1H. The van der Waals surface area contributed by atoms with E-state index in [2.05, 4.69) is 10.4 Å². The lowest BCUT2D eigenvalue weighted by molar-refractivity contribution is -0.135. The number of carbonyl (C=O) groups excluding carboxylic acids is 2. The topological polar surface area (TPSA) is 115 Å². The maximum atomic E-state index is 12.7. The van der Waals surface area contributed by atoms with Gasteiger partial charge >= 0.3 is 5.69 Å². The second-order valence-corrected chi connectivity index (χ2v) is 6.76. The smallest absolute Gasteiger partial charge is 0.350 e. The Morgan fingerprint density at radius 3 is 2.82 bits per heavy atom. The van der Waals surface area contributed by atoms with E-state index in [0.717, 1.165) is 19.3 Å². The molecular formula is C18H27ClN6O3. The van der Waals surface area contributed by atoms with Crippen LogP contribution in [0.25, 0.3) is 5.65 Å². The summed E-state index contributed by atoms with van der Waals surface area (Å²) in [5.74, 6) is -0.108. The van der Waals surface area contributed by atoms with E-state index in [1.807, 2.05) is 11.0 Å². The highest BCUT2D eigenvalue weighted by atomic mass is 35.5. The number of amides is 2. The van der Waals surface area contributed by atoms with Crippen molar-refractivity contribution in [1.82, 2.24) is 24.4 Å². The van der Waals surface area contributed by atoms with E-state index in [-0.39, 0.29) is 55.3 Å². The third-order valence-electron chi connectivity index (χ3n) is 4.88. The van der Waals surface area contributed by atoms with E-state index >= 15 is 0 Å². The van der Waals surface area contributed by atoms with Crippen molar-refractivity contribution in [3.05, 3.63) is 34.9 Å². The number of likely N-dealkylation sites (tertiary alicyclic amines) is 1. The monoisotopic (exact) mass is 410 g/mol. The predicted molar refractivity (Wildman–Crippen MR) is 107 cm³/mol. The van der Waals surface area contributed by atoms with Crippen LogP contribution in [-0.2, 0) is 16.1 Å².